The fraction of sp³-hybridized carbons (Fsp3) is 0.0400. The number of nitrogens with one attached hydrogen (secondary N) is 1. The third-order valence-electron chi connectivity index (χ3n) is 5.14. The van der Waals surface area contributed by atoms with E-state index in [0.29, 0.717) is 0 Å². The monoisotopic (exact) mass is 348 g/mol. The molecule has 2 heterocycles. The number of aromatic nitrogens is 1. The predicted octanol–water partition coefficient (Wildman–Crippen LogP) is 6.28. The van der Waals surface area contributed by atoms with E-state index in [4.69, 9.17) is 0 Å². The van der Waals surface area contributed by atoms with Crippen molar-refractivity contribution in [3.05, 3.63) is 108 Å². The van der Waals surface area contributed by atoms with E-state index in [-0.39, 0.29) is 0 Å². The first-order chi connectivity index (χ1) is 13.3. The van der Waals surface area contributed by atoms with Crippen LogP contribution < -0.4 is 5.32 Å². The van der Waals surface area contributed by atoms with E-state index < -0.39 is 0 Å². The van der Waals surface area contributed by atoms with E-state index in [0.717, 1.165) is 29.2 Å². The Labute approximate surface area is 159 Å². The van der Waals surface area contributed by atoms with Crippen LogP contribution in [-0.4, -0.2) is 4.57 Å². The predicted molar refractivity (Wildman–Crippen MR) is 115 cm³/mol. The highest BCUT2D eigenvalue weighted by atomic mass is 15.0. The minimum absolute atomic E-state index is 0.890. The molecule has 2 heteroatoms. The van der Waals surface area contributed by atoms with Crippen molar-refractivity contribution >= 4 is 28.4 Å². The van der Waals surface area contributed by atoms with Crippen molar-refractivity contribution < 1.29 is 0 Å². The molecule has 0 spiro atoms. The molecule has 4 aromatic rings. The van der Waals surface area contributed by atoms with Crippen LogP contribution in [0.3, 0.4) is 0 Å². The molecule has 0 bridgehead atoms. The fourth-order valence-electron chi connectivity index (χ4n) is 3.92. The molecule has 5 rings (SSSR count). The van der Waals surface area contributed by atoms with Gasteiger partial charge in [-0.2, -0.15) is 0 Å². The molecule has 2 nitrogen and oxygen atoms in total. The molecule has 1 aliphatic heterocycles. The summed E-state index contributed by atoms with van der Waals surface area (Å²) in [6.45, 7) is 4.41. The van der Waals surface area contributed by atoms with Crippen molar-refractivity contribution in [1.29, 1.82) is 0 Å². The first kappa shape index (κ1) is 15.7. The Hall–Kier alpha value is -3.52. The first-order valence-corrected chi connectivity index (χ1v) is 9.22. The van der Waals surface area contributed by atoms with Gasteiger partial charge < -0.3 is 9.88 Å². The Kier molecular flexibility index (Phi) is 3.68. The lowest BCUT2D eigenvalue weighted by Gasteiger charge is -2.16. The molecule has 130 valence electrons. The van der Waals surface area contributed by atoms with Crippen LogP contribution in [0.2, 0.25) is 0 Å². The van der Waals surface area contributed by atoms with E-state index in [2.05, 4.69) is 101 Å². The highest BCUT2D eigenvalue weighted by Gasteiger charge is 2.20. The van der Waals surface area contributed by atoms with E-state index in [1.165, 1.54) is 22.0 Å². The van der Waals surface area contributed by atoms with Gasteiger partial charge in [-0.05, 0) is 36.2 Å². The Morgan fingerprint density at radius 1 is 0.815 bits per heavy atom. The van der Waals surface area contributed by atoms with Gasteiger partial charge in [-0.15, -0.1) is 0 Å². The molecular formula is C25H20N2. The Morgan fingerprint density at radius 2 is 1.56 bits per heavy atom. The summed E-state index contributed by atoms with van der Waals surface area (Å²) in [5.74, 6) is 0. The second-order valence-electron chi connectivity index (χ2n) is 6.82. The van der Waals surface area contributed by atoms with Crippen molar-refractivity contribution in [2.24, 2.45) is 0 Å². The summed E-state index contributed by atoms with van der Waals surface area (Å²) in [6, 6.07) is 27.5. The van der Waals surface area contributed by atoms with Crippen LogP contribution in [0.25, 0.3) is 28.4 Å². The maximum absolute atomic E-state index is 4.41. The number of benzene rings is 3. The third kappa shape index (κ3) is 2.58. The molecule has 0 amide bonds. The second kappa shape index (κ2) is 6.33. The van der Waals surface area contributed by atoms with E-state index in [1.807, 2.05) is 6.07 Å². The average Bonchev–Trinajstić information content (AvgIpc) is 3.06. The number of hydrogen-bond donors (Lipinski definition) is 1. The summed E-state index contributed by atoms with van der Waals surface area (Å²) in [5.41, 5.74) is 7.94. The van der Waals surface area contributed by atoms with Crippen LogP contribution >= 0.6 is 0 Å². The zero-order valence-electron chi connectivity index (χ0n) is 15.0. The molecule has 0 radical (unpaired) electrons. The Balaban J connectivity index is 1.82. The van der Waals surface area contributed by atoms with Crippen LogP contribution in [0, 0.1) is 0 Å². The number of hydrogen-bond acceptors (Lipinski definition) is 1. The molecule has 3 aromatic carbocycles. The second-order valence-corrected chi connectivity index (χ2v) is 6.82. The van der Waals surface area contributed by atoms with Crippen LogP contribution in [-0.2, 0) is 6.42 Å². The van der Waals surface area contributed by atoms with Crippen LogP contribution in [0.1, 0.15) is 16.8 Å². The average molecular weight is 348 g/mol. The van der Waals surface area contributed by atoms with Crippen LogP contribution in [0.5, 0.6) is 0 Å². The standard InChI is InChI=1S/C25H20N2/c1-18-25-22(15-9-11-19-10-5-7-16-23(19)26-18)21-14-6-8-17-24(21)27(25)20-12-3-2-4-13-20/h2-10,12-17,26H,1,11H2/b15-9-. The highest BCUT2D eigenvalue weighted by Crippen LogP contribution is 2.36. The first-order valence-electron chi connectivity index (χ1n) is 9.22. The number of fused-ring (bicyclic) bond motifs is 4. The van der Waals surface area contributed by atoms with Crippen molar-refractivity contribution in [3.63, 3.8) is 0 Å². The smallest absolute Gasteiger partial charge is 0.0770 e. The molecule has 0 saturated carbocycles. The summed E-state index contributed by atoms with van der Waals surface area (Å²) in [6.07, 6.45) is 5.38. The lowest BCUT2D eigenvalue weighted by Crippen LogP contribution is -2.06. The van der Waals surface area contributed by atoms with Gasteiger partial charge in [0, 0.05) is 22.3 Å². The molecule has 0 fully saturated rings. The van der Waals surface area contributed by atoms with Crippen LogP contribution in [0.4, 0.5) is 5.69 Å². The molecular weight excluding hydrogens is 328 g/mol. The lowest BCUT2D eigenvalue weighted by molar-refractivity contribution is 1.09. The number of anilines is 1. The number of nitrogens with zero attached hydrogens (tertiary/aromatic N) is 1. The van der Waals surface area contributed by atoms with Crippen molar-refractivity contribution in [3.8, 4) is 5.69 Å². The Morgan fingerprint density at radius 3 is 2.44 bits per heavy atom. The van der Waals surface area contributed by atoms with Gasteiger partial charge in [0.25, 0.3) is 0 Å². The van der Waals surface area contributed by atoms with Gasteiger partial charge in [-0.25, -0.2) is 0 Å². The molecule has 27 heavy (non-hydrogen) atoms. The van der Waals surface area contributed by atoms with Crippen LogP contribution in [0.15, 0.2) is 91.5 Å². The minimum atomic E-state index is 0.890. The molecule has 1 N–H and O–H groups in total. The summed E-state index contributed by atoms with van der Waals surface area (Å²) in [5, 5.41) is 4.81. The number of rotatable bonds is 1. The summed E-state index contributed by atoms with van der Waals surface area (Å²) in [7, 11) is 0. The molecule has 0 aliphatic carbocycles. The summed E-state index contributed by atoms with van der Waals surface area (Å²) >= 11 is 0. The SMILES string of the molecule is C=C1Nc2ccccc2C/C=C\c2c1n(-c1ccccc1)c1ccccc21. The number of para-hydroxylation sites is 3. The molecule has 0 atom stereocenters. The van der Waals surface area contributed by atoms with Crippen molar-refractivity contribution in [2.75, 3.05) is 5.32 Å². The quantitative estimate of drug-likeness (QED) is 0.428. The Bertz CT molecular complexity index is 1180. The zero-order valence-corrected chi connectivity index (χ0v) is 15.0. The maximum Gasteiger partial charge on any atom is 0.0770 e. The van der Waals surface area contributed by atoms with Gasteiger partial charge in [0.15, 0.2) is 0 Å². The normalized spacial score (nSPS) is 14.4. The minimum Gasteiger partial charge on any atom is -0.354 e. The molecule has 0 unspecified atom stereocenters. The summed E-state index contributed by atoms with van der Waals surface area (Å²) < 4.78 is 2.30. The zero-order chi connectivity index (χ0) is 18.2. The van der Waals surface area contributed by atoms with Crippen molar-refractivity contribution in [1.82, 2.24) is 4.57 Å². The maximum atomic E-state index is 4.41. The largest absolute Gasteiger partial charge is 0.354 e. The highest BCUT2D eigenvalue weighted by molar-refractivity contribution is 5.98. The van der Waals surface area contributed by atoms with E-state index in [9.17, 15) is 0 Å². The van der Waals surface area contributed by atoms with E-state index >= 15 is 0 Å². The topological polar surface area (TPSA) is 17.0 Å². The molecule has 1 aromatic heterocycles. The lowest BCUT2D eigenvalue weighted by atomic mass is 10.1. The molecule has 1 aliphatic rings. The van der Waals surface area contributed by atoms with Gasteiger partial charge in [0.05, 0.1) is 16.9 Å². The van der Waals surface area contributed by atoms with Gasteiger partial charge in [-0.1, -0.05) is 73.3 Å². The summed E-state index contributed by atoms with van der Waals surface area (Å²) in [4.78, 5) is 0. The molecule has 0 saturated heterocycles. The van der Waals surface area contributed by atoms with Gasteiger partial charge >= 0.3 is 0 Å². The van der Waals surface area contributed by atoms with Gasteiger partial charge in [-0.3, -0.25) is 0 Å². The van der Waals surface area contributed by atoms with Gasteiger partial charge in [0.2, 0.25) is 0 Å². The van der Waals surface area contributed by atoms with Gasteiger partial charge in [0.1, 0.15) is 0 Å². The fourth-order valence-corrected chi connectivity index (χ4v) is 3.92. The van der Waals surface area contributed by atoms with E-state index in [1.54, 1.807) is 0 Å². The van der Waals surface area contributed by atoms with Crippen molar-refractivity contribution in [2.45, 2.75) is 6.42 Å². The third-order valence-corrected chi connectivity index (χ3v) is 5.14. The number of allylic oxidation sites excluding steroid dienone is 1.